The number of fused-ring (bicyclic) bond motifs is 2. The third kappa shape index (κ3) is 4.81. The minimum Gasteiger partial charge on any atom is -0.383 e. The van der Waals surface area contributed by atoms with Gasteiger partial charge in [0.25, 0.3) is 5.95 Å². The highest BCUT2D eigenvalue weighted by Crippen LogP contribution is 2.41. The summed E-state index contributed by atoms with van der Waals surface area (Å²) in [6, 6.07) is 5.96. The van der Waals surface area contributed by atoms with Crippen LogP contribution in [0, 0.1) is 0 Å². The van der Waals surface area contributed by atoms with Gasteiger partial charge in [0.1, 0.15) is 11.6 Å². The van der Waals surface area contributed by atoms with Crippen LogP contribution < -0.4 is 16.4 Å². The molecule has 0 fully saturated rings. The van der Waals surface area contributed by atoms with E-state index in [0.717, 1.165) is 4.68 Å². The molecule has 0 aliphatic carbocycles. The SMILES string of the molecule is Cn1ccc(CNC(=O)C2(C)C(=O)Nc3nc(-n4nc(CCC(F)(F)C(F)(F)F)c5cc(Cl)ccc54)nc(N)c32)n1. The Bertz CT molecular complexity index is 1700. The zero-order chi connectivity index (χ0) is 29.9. The van der Waals surface area contributed by atoms with Gasteiger partial charge in [0.15, 0.2) is 5.41 Å². The lowest BCUT2D eigenvalue weighted by Gasteiger charge is -2.21. The second-order valence-corrected chi connectivity index (χ2v) is 10.0. The maximum absolute atomic E-state index is 13.7. The van der Waals surface area contributed by atoms with Crippen LogP contribution in [0.3, 0.4) is 0 Å². The van der Waals surface area contributed by atoms with Crippen LogP contribution in [-0.2, 0) is 35.0 Å². The Morgan fingerprint density at radius 1 is 1.17 bits per heavy atom. The summed E-state index contributed by atoms with van der Waals surface area (Å²) in [4.78, 5) is 34.7. The summed E-state index contributed by atoms with van der Waals surface area (Å²) in [7, 11) is 1.71. The van der Waals surface area contributed by atoms with E-state index < -0.39 is 42.2 Å². The number of carbonyl (C=O) groups is 2. The number of hydrogen-bond donors (Lipinski definition) is 3. The molecule has 0 bridgehead atoms. The van der Waals surface area contributed by atoms with E-state index in [-0.39, 0.29) is 51.3 Å². The molecule has 4 heterocycles. The highest BCUT2D eigenvalue weighted by atomic mass is 35.5. The average molecular weight is 598 g/mol. The van der Waals surface area contributed by atoms with E-state index in [1.54, 1.807) is 24.0 Å². The molecule has 3 aromatic heterocycles. The highest BCUT2D eigenvalue weighted by Gasteiger charge is 2.57. The Balaban J connectivity index is 1.50. The first-order valence-electron chi connectivity index (χ1n) is 12.0. The van der Waals surface area contributed by atoms with Gasteiger partial charge in [0.2, 0.25) is 11.8 Å². The summed E-state index contributed by atoms with van der Waals surface area (Å²) in [5.74, 6) is -6.91. The van der Waals surface area contributed by atoms with Gasteiger partial charge in [-0.1, -0.05) is 11.6 Å². The number of alkyl halides is 5. The Labute approximate surface area is 232 Å². The molecular weight excluding hydrogens is 577 g/mol. The van der Waals surface area contributed by atoms with Crippen molar-refractivity contribution in [3.05, 3.63) is 52.4 Å². The standard InChI is InChI=1S/C24H21ClF5N9O2/c1-22(19(40)32-10-12-6-8-38(2)36-12)16-17(31)33-21(35-18(16)34-20(22)41)39-15-4-3-11(25)9-13(15)14(37-39)5-7-23(26,27)24(28,29)30/h3-4,6,8-9H,5,7,10H2,1-2H3,(H,32,40)(H3,31,33,34,35,41). The minimum atomic E-state index is -5.73. The predicted molar refractivity (Wildman–Crippen MR) is 136 cm³/mol. The first-order chi connectivity index (χ1) is 19.1. The van der Waals surface area contributed by atoms with Gasteiger partial charge in [0.05, 0.1) is 29.0 Å². The number of nitrogens with one attached hydrogen (secondary N) is 2. The third-order valence-electron chi connectivity index (χ3n) is 6.76. The molecule has 0 saturated carbocycles. The number of halogens is 6. The normalized spacial score (nSPS) is 17.1. The fourth-order valence-corrected chi connectivity index (χ4v) is 4.69. The first kappa shape index (κ1) is 28.2. The number of nitrogens with two attached hydrogens (primary N) is 1. The van der Waals surface area contributed by atoms with Crippen LogP contribution in [0.5, 0.6) is 0 Å². The minimum absolute atomic E-state index is 0.00863. The van der Waals surface area contributed by atoms with Crippen LogP contribution in [0.4, 0.5) is 33.6 Å². The molecule has 1 aliphatic rings. The smallest absolute Gasteiger partial charge is 0.383 e. The largest absolute Gasteiger partial charge is 0.453 e. The number of nitrogen functional groups attached to an aromatic ring is 1. The number of aryl methyl sites for hydroxylation is 2. The molecule has 1 aromatic carbocycles. The molecule has 11 nitrogen and oxygen atoms in total. The van der Waals surface area contributed by atoms with Gasteiger partial charge in [-0.3, -0.25) is 14.3 Å². The number of anilines is 2. The van der Waals surface area contributed by atoms with E-state index >= 15 is 0 Å². The van der Waals surface area contributed by atoms with Gasteiger partial charge in [-0.15, -0.1) is 0 Å². The highest BCUT2D eigenvalue weighted by molar-refractivity contribution is 6.31. The fraction of sp³-hybridized carbons (Fsp3) is 0.333. The van der Waals surface area contributed by atoms with Gasteiger partial charge < -0.3 is 16.4 Å². The van der Waals surface area contributed by atoms with Crippen molar-refractivity contribution in [2.45, 2.75) is 43.8 Å². The molecule has 17 heteroatoms. The molecule has 1 unspecified atom stereocenters. The Morgan fingerprint density at radius 3 is 2.56 bits per heavy atom. The zero-order valence-electron chi connectivity index (χ0n) is 21.4. The molecule has 0 spiro atoms. The van der Waals surface area contributed by atoms with Crippen LogP contribution in [0.25, 0.3) is 16.9 Å². The number of rotatable bonds is 7. The van der Waals surface area contributed by atoms with E-state index in [1.807, 2.05) is 0 Å². The molecule has 1 atom stereocenters. The number of amides is 2. The molecule has 2 amide bonds. The second kappa shape index (κ2) is 9.64. The van der Waals surface area contributed by atoms with Crippen LogP contribution in [0.2, 0.25) is 5.02 Å². The van der Waals surface area contributed by atoms with Crippen molar-refractivity contribution in [2.24, 2.45) is 7.05 Å². The van der Waals surface area contributed by atoms with Crippen molar-refractivity contribution in [2.75, 3.05) is 11.1 Å². The summed E-state index contributed by atoms with van der Waals surface area (Å²) in [6.07, 6.45) is -6.34. The van der Waals surface area contributed by atoms with Crippen LogP contribution >= 0.6 is 11.6 Å². The number of nitrogens with zero attached hydrogens (tertiary/aromatic N) is 6. The molecule has 4 aromatic rings. The molecule has 41 heavy (non-hydrogen) atoms. The van der Waals surface area contributed by atoms with Crippen LogP contribution in [0.1, 0.15) is 30.3 Å². The summed E-state index contributed by atoms with van der Waals surface area (Å²) in [5, 5.41) is 13.9. The third-order valence-corrected chi connectivity index (χ3v) is 7.00. The molecule has 4 N–H and O–H groups in total. The van der Waals surface area contributed by atoms with E-state index in [2.05, 4.69) is 30.8 Å². The van der Waals surface area contributed by atoms with E-state index in [4.69, 9.17) is 17.3 Å². The van der Waals surface area contributed by atoms with Gasteiger partial charge in [-0.2, -0.15) is 46.8 Å². The molecule has 1 aliphatic heterocycles. The quantitative estimate of drug-likeness (QED) is 0.218. The first-order valence-corrected chi connectivity index (χ1v) is 12.4. The monoisotopic (exact) mass is 597 g/mol. The summed E-state index contributed by atoms with van der Waals surface area (Å²) in [6.45, 7) is 1.39. The Hall–Kier alpha value is -4.34. The van der Waals surface area contributed by atoms with Crippen molar-refractivity contribution in [3.63, 3.8) is 0 Å². The maximum atomic E-state index is 13.7. The van der Waals surface area contributed by atoms with E-state index in [1.165, 1.54) is 25.1 Å². The van der Waals surface area contributed by atoms with E-state index in [9.17, 15) is 31.5 Å². The molecule has 5 rings (SSSR count). The van der Waals surface area contributed by atoms with E-state index in [0.29, 0.717) is 5.69 Å². The lowest BCUT2D eigenvalue weighted by Crippen LogP contribution is -2.47. The number of aromatic nitrogens is 6. The number of hydrogen-bond acceptors (Lipinski definition) is 7. The molecule has 0 radical (unpaired) electrons. The molecular formula is C24H21ClF5N9O2. The second-order valence-electron chi connectivity index (χ2n) is 9.60. The van der Waals surface area contributed by atoms with Crippen molar-refractivity contribution >= 4 is 46.0 Å². The topological polar surface area (TPSA) is 146 Å². The van der Waals surface area contributed by atoms with Gasteiger partial charge >= 0.3 is 12.1 Å². The lowest BCUT2D eigenvalue weighted by atomic mass is 9.83. The molecule has 0 saturated heterocycles. The zero-order valence-corrected chi connectivity index (χ0v) is 22.1. The van der Waals surface area contributed by atoms with Crippen molar-refractivity contribution in [3.8, 4) is 5.95 Å². The fourth-order valence-electron chi connectivity index (χ4n) is 4.52. The summed E-state index contributed by atoms with van der Waals surface area (Å²) in [5.41, 5.74) is 5.09. The maximum Gasteiger partial charge on any atom is 0.453 e. The van der Waals surface area contributed by atoms with Gasteiger partial charge in [0, 0.05) is 30.1 Å². The van der Waals surface area contributed by atoms with Crippen molar-refractivity contribution in [1.82, 2.24) is 34.8 Å². The summed E-state index contributed by atoms with van der Waals surface area (Å²) < 4.78 is 68.2. The van der Waals surface area contributed by atoms with Crippen molar-refractivity contribution < 1.29 is 31.5 Å². The predicted octanol–water partition coefficient (Wildman–Crippen LogP) is 3.44. The lowest BCUT2D eigenvalue weighted by molar-refractivity contribution is -0.284. The van der Waals surface area contributed by atoms with Gasteiger partial charge in [-0.25, -0.2) is 0 Å². The summed E-state index contributed by atoms with van der Waals surface area (Å²) >= 11 is 6.05. The Morgan fingerprint density at radius 2 is 1.90 bits per heavy atom. The van der Waals surface area contributed by atoms with Crippen LogP contribution in [0.15, 0.2) is 30.5 Å². The molecule has 216 valence electrons. The number of carbonyl (C=O) groups excluding carboxylic acids is 2. The van der Waals surface area contributed by atoms with Gasteiger partial charge in [-0.05, 0) is 37.6 Å². The average Bonchev–Trinajstić information content (AvgIpc) is 3.54. The number of benzene rings is 1. The van der Waals surface area contributed by atoms with Crippen molar-refractivity contribution in [1.29, 1.82) is 0 Å². The Kier molecular flexibility index (Phi) is 6.63. The van der Waals surface area contributed by atoms with Crippen LogP contribution in [-0.4, -0.2) is 53.4 Å².